The maximum atomic E-state index is 11.8. The lowest BCUT2D eigenvalue weighted by molar-refractivity contribution is 0.0692. The number of ether oxygens (including phenoxy) is 3. The molecule has 7 rings (SSSR count). The van der Waals surface area contributed by atoms with Gasteiger partial charge in [0.15, 0.2) is 16.6 Å². The molecule has 8 nitrogen and oxygen atoms in total. The minimum atomic E-state index is -1.03. The summed E-state index contributed by atoms with van der Waals surface area (Å²) in [6, 6.07) is 8.95. The molecule has 0 saturated carbocycles. The van der Waals surface area contributed by atoms with Crippen LogP contribution in [0.25, 0.3) is 0 Å². The Kier molecular flexibility index (Phi) is 6.71. The molecule has 0 amide bonds. The van der Waals surface area contributed by atoms with Crippen molar-refractivity contribution in [1.82, 2.24) is 10.3 Å². The van der Waals surface area contributed by atoms with Gasteiger partial charge in [-0.15, -0.1) is 11.3 Å². The molecule has 9 heteroatoms. The lowest BCUT2D eigenvalue weighted by atomic mass is 9.72. The number of rotatable bonds is 2. The van der Waals surface area contributed by atoms with Gasteiger partial charge in [0.2, 0.25) is 0 Å². The zero-order valence-electron chi connectivity index (χ0n) is 21.3. The topological polar surface area (TPSA) is 102 Å². The second-order valence-electron chi connectivity index (χ2n) is 10.0. The minimum Gasteiger partial charge on any atom is -0.493 e. The van der Waals surface area contributed by atoms with Gasteiger partial charge >= 0.3 is 5.97 Å². The van der Waals surface area contributed by atoms with Crippen LogP contribution in [-0.2, 0) is 18.4 Å². The van der Waals surface area contributed by atoms with Crippen LogP contribution in [0.3, 0.4) is 0 Å². The van der Waals surface area contributed by atoms with Crippen molar-refractivity contribution >= 4 is 22.4 Å². The third kappa shape index (κ3) is 4.83. The van der Waals surface area contributed by atoms with E-state index in [-0.39, 0.29) is 11.1 Å². The number of aromatic nitrogens is 1. The van der Waals surface area contributed by atoms with Crippen molar-refractivity contribution in [3.63, 3.8) is 0 Å². The summed E-state index contributed by atoms with van der Waals surface area (Å²) in [5.41, 5.74) is 4.50. The zero-order chi connectivity index (χ0) is 26.1. The Bertz CT molecular complexity index is 1400. The van der Waals surface area contributed by atoms with Gasteiger partial charge in [-0.05, 0) is 67.2 Å². The van der Waals surface area contributed by atoms with Crippen molar-refractivity contribution in [3.05, 3.63) is 69.9 Å². The Morgan fingerprint density at radius 1 is 1.13 bits per heavy atom. The highest BCUT2D eigenvalue weighted by molar-refractivity contribution is 7.13. The number of nitrogens with zero attached hydrogens (tertiary/aromatic N) is 1. The fraction of sp³-hybridized carbons (Fsp3) is 0.379. The summed E-state index contributed by atoms with van der Waals surface area (Å²) >= 11 is 1.65. The van der Waals surface area contributed by atoms with Gasteiger partial charge in [0.1, 0.15) is 17.1 Å². The third-order valence-electron chi connectivity index (χ3n) is 7.41. The molecule has 0 saturated heterocycles. The first kappa shape index (κ1) is 24.8. The van der Waals surface area contributed by atoms with Gasteiger partial charge < -0.3 is 30.0 Å². The summed E-state index contributed by atoms with van der Waals surface area (Å²) in [4.78, 5) is 16.6. The fourth-order valence-electron chi connectivity index (χ4n) is 5.46. The maximum Gasteiger partial charge on any atom is 0.339 e. The summed E-state index contributed by atoms with van der Waals surface area (Å²) in [5.74, 6) is 0.997. The molecule has 0 unspecified atom stereocenters. The molecule has 198 valence electrons. The molecule has 4 heterocycles. The van der Waals surface area contributed by atoms with Crippen LogP contribution in [0.15, 0.2) is 47.5 Å². The summed E-state index contributed by atoms with van der Waals surface area (Å²) < 4.78 is 17.9. The van der Waals surface area contributed by atoms with Crippen LogP contribution in [0.1, 0.15) is 59.3 Å². The minimum absolute atomic E-state index is 0.121. The molecule has 0 fully saturated rings. The van der Waals surface area contributed by atoms with E-state index < -0.39 is 5.97 Å². The van der Waals surface area contributed by atoms with Gasteiger partial charge in [0.05, 0.1) is 24.9 Å². The van der Waals surface area contributed by atoms with Gasteiger partial charge in [-0.3, -0.25) is 0 Å². The molecular formula is C29H31N3O5S. The van der Waals surface area contributed by atoms with E-state index in [1.807, 2.05) is 6.07 Å². The SMILES string of the molecule is COc1cc2c3cc1Oc1ccc(C(=O)O)c(c1)OCCCCCCc1csc(n1)NC1=C[C@]3(C1)NCC2. The molecule has 1 atom stereocenters. The molecule has 38 heavy (non-hydrogen) atoms. The number of fused-ring (bicyclic) bond motifs is 6. The first-order valence-corrected chi connectivity index (χ1v) is 14.0. The van der Waals surface area contributed by atoms with Crippen LogP contribution < -0.4 is 24.8 Å². The van der Waals surface area contributed by atoms with Crippen molar-refractivity contribution in [3.8, 4) is 23.0 Å². The van der Waals surface area contributed by atoms with Crippen LogP contribution in [0, 0.1) is 0 Å². The first-order valence-electron chi connectivity index (χ1n) is 13.1. The van der Waals surface area contributed by atoms with E-state index in [0.717, 1.165) is 73.6 Å². The molecule has 3 aromatic rings. The second kappa shape index (κ2) is 10.3. The Balaban J connectivity index is 1.37. The smallest absolute Gasteiger partial charge is 0.339 e. The Labute approximate surface area is 225 Å². The van der Waals surface area contributed by atoms with Gasteiger partial charge in [-0.2, -0.15) is 0 Å². The monoisotopic (exact) mass is 533 g/mol. The van der Waals surface area contributed by atoms with Crippen LogP contribution in [-0.4, -0.2) is 36.3 Å². The summed E-state index contributed by atoms with van der Waals surface area (Å²) in [5, 5.41) is 20.0. The van der Waals surface area contributed by atoms with Crippen molar-refractivity contribution in [2.75, 3.05) is 25.6 Å². The van der Waals surface area contributed by atoms with Gasteiger partial charge in [0, 0.05) is 30.1 Å². The van der Waals surface area contributed by atoms with E-state index in [0.29, 0.717) is 29.6 Å². The predicted octanol–water partition coefficient (Wildman–Crippen LogP) is 5.88. The van der Waals surface area contributed by atoms with Crippen LogP contribution in [0.2, 0.25) is 0 Å². The summed E-state index contributed by atoms with van der Waals surface area (Å²) in [6.07, 6.45) is 8.89. The standard InChI is InChI=1S/C29H31N3O5S/c1-35-25-12-18-9-10-30-29-15-20(16-29)32-28-31-19(17-38-28)6-4-2-3-5-11-36-24-13-21(7-8-22(24)27(33)34)37-26(25)14-23(18)29/h7-8,12-15,17,30H,2-6,9-11,16H2,1H3,(H,31,32)(H,33,34)/t29-/m1/s1. The lowest BCUT2D eigenvalue weighted by Crippen LogP contribution is -2.51. The summed E-state index contributed by atoms with van der Waals surface area (Å²) in [6.45, 7) is 1.32. The number of benzene rings is 2. The Hall–Kier alpha value is -3.56. The second-order valence-corrected chi connectivity index (χ2v) is 10.9. The molecule has 4 aliphatic rings. The molecule has 0 radical (unpaired) electrons. The number of hydrogen-bond acceptors (Lipinski definition) is 8. The van der Waals surface area contributed by atoms with Crippen LogP contribution in [0.4, 0.5) is 5.13 Å². The van der Waals surface area contributed by atoms with Crippen LogP contribution >= 0.6 is 11.3 Å². The van der Waals surface area contributed by atoms with E-state index >= 15 is 0 Å². The molecular weight excluding hydrogens is 502 g/mol. The molecule has 3 N–H and O–H groups in total. The van der Waals surface area contributed by atoms with Crippen molar-refractivity contribution in [1.29, 1.82) is 0 Å². The number of carboxylic acids is 1. The molecule has 3 aliphatic heterocycles. The highest BCUT2D eigenvalue weighted by Crippen LogP contribution is 2.47. The van der Waals surface area contributed by atoms with Crippen molar-refractivity contribution in [2.24, 2.45) is 0 Å². The average Bonchev–Trinajstić information content (AvgIpc) is 3.33. The maximum absolute atomic E-state index is 11.8. The molecule has 8 bridgehead atoms. The fourth-order valence-corrected chi connectivity index (χ4v) is 6.24. The number of hydrogen-bond donors (Lipinski definition) is 3. The van der Waals surface area contributed by atoms with Crippen molar-refractivity contribution < 1.29 is 24.1 Å². The van der Waals surface area contributed by atoms with E-state index in [4.69, 9.17) is 19.2 Å². The van der Waals surface area contributed by atoms with Crippen LogP contribution in [0.5, 0.6) is 23.0 Å². The Morgan fingerprint density at radius 3 is 2.84 bits per heavy atom. The highest BCUT2D eigenvalue weighted by Gasteiger charge is 2.42. The van der Waals surface area contributed by atoms with Gasteiger partial charge in [-0.1, -0.05) is 12.8 Å². The first-order chi connectivity index (χ1) is 18.5. The number of aryl methyl sites for hydroxylation is 1. The largest absolute Gasteiger partial charge is 0.493 e. The molecule has 1 aliphatic carbocycles. The quantitative estimate of drug-likeness (QED) is 0.376. The molecule has 2 aromatic carbocycles. The number of carbonyl (C=O) groups is 1. The Morgan fingerprint density at radius 2 is 2.00 bits per heavy atom. The van der Waals surface area contributed by atoms with E-state index in [2.05, 4.69) is 28.2 Å². The van der Waals surface area contributed by atoms with E-state index in [1.54, 1.807) is 30.6 Å². The predicted molar refractivity (Wildman–Crippen MR) is 146 cm³/mol. The van der Waals surface area contributed by atoms with E-state index in [1.165, 1.54) is 11.6 Å². The number of thiazole rings is 1. The molecule has 1 spiro atoms. The van der Waals surface area contributed by atoms with E-state index in [9.17, 15) is 9.90 Å². The number of carboxylic acid groups (broad SMARTS) is 1. The highest BCUT2D eigenvalue weighted by atomic mass is 32.1. The van der Waals surface area contributed by atoms with Gasteiger partial charge in [0.25, 0.3) is 0 Å². The number of methoxy groups -OCH3 is 1. The zero-order valence-corrected chi connectivity index (χ0v) is 22.2. The number of aromatic carboxylic acids is 1. The normalized spacial score (nSPS) is 20.8. The van der Waals surface area contributed by atoms with Gasteiger partial charge in [-0.25, -0.2) is 9.78 Å². The lowest BCUT2D eigenvalue weighted by Gasteiger charge is -2.45. The number of anilines is 1. The summed E-state index contributed by atoms with van der Waals surface area (Å²) in [7, 11) is 1.63. The van der Waals surface area contributed by atoms with Crippen molar-refractivity contribution in [2.45, 2.75) is 50.5 Å². The average molecular weight is 534 g/mol. The third-order valence-corrected chi connectivity index (χ3v) is 8.22. The number of nitrogens with one attached hydrogen (secondary N) is 2. The molecule has 1 aromatic heterocycles.